The molecule has 0 saturated heterocycles. The van der Waals surface area contributed by atoms with Gasteiger partial charge in [0.25, 0.3) is 0 Å². The molecule has 2 nitrogen and oxygen atoms in total. The second kappa shape index (κ2) is 4.37. The van der Waals surface area contributed by atoms with Crippen LogP contribution in [0.4, 0.5) is 0 Å². The van der Waals surface area contributed by atoms with E-state index < -0.39 is 0 Å². The predicted octanol–water partition coefficient (Wildman–Crippen LogP) is 1.94. The van der Waals surface area contributed by atoms with Crippen molar-refractivity contribution in [3.63, 3.8) is 0 Å². The maximum absolute atomic E-state index is 11.1. The van der Waals surface area contributed by atoms with Crippen molar-refractivity contribution in [1.29, 1.82) is 0 Å². The first-order valence-electron chi connectivity index (χ1n) is 4.30. The average Bonchev–Trinajstić information content (AvgIpc) is 1.84. The Bertz CT molecular complexity index is 128. The summed E-state index contributed by atoms with van der Waals surface area (Å²) in [6.45, 7) is 4.22. The summed E-state index contributed by atoms with van der Waals surface area (Å²) >= 11 is 0. The molecule has 1 aliphatic carbocycles. The van der Waals surface area contributed by atoms with Crippen LogP contribution in [0.15, 0.2) is 0 Å². The van der Waals surface area contributed by atoms with Crippen LogP contribution in [0.1, 0.15) is 32.1 Å². The Balaban J connectivity index is 2.01. The lowest BCUT2D eigenvalue weighted by atomic mass is 9.86. The molecule has 0 N–H and O–H groups in total. The van der Waals surface area contributed by atoms with Crippen molar-refractivity contribution in [3.05, 3.63) is 6.92 Å². The van der Waals surface area contributed by atoms with E-state index in [-0.39, 0.29) is 11.9 Å². The summed E-state index contributed by atoms with van der Waals surface area (Å²) in [5, 5.41) is 0. The fourth-order valence-corrected chi connectivity index (χ4v) is 1.04. The summed E-state index contributed by atoms with van der Waals surface area (Å²) < 4.78 is 5.01. The molecule has 0 bridgehead atoms. The zero-order chi connectivity index (χ0) is 8.10. The maximum atomic E-state index is 11.1. The van der Waals surface area contributed by atoms with Gasteiger partial charge in [0.2, 0.25) is 0 Å². The molecule has 0 aromatic heterocycles. The average molecular weight is 155 g/mol. The lowest BCUT2D eigenvalue weighted by molar-refractivity contribution is -0.151. The third-order valence-electron chi connectivity index (χ3n) is 2.08. The van der Waals surface area contributed by atoms with Gasteiger partial charge in [0, 0.05) is 0 Å². The van der Waals surface area contributed by atoms with Crippen LogP contribution in [0.2, 0.25) is 0 Å². The summed E-state index contributed by atoms with van der Waals surface area (Å²) in [6.07, 6.45) is 4.98. The van der Waals surface area contributed by atoms with Crippen LogP contribution in [0.25, 0.3) is 0 Å². The van der Waals surface area contributed by atoms with Crippen LogP contribution in [0.5, 0.6) is 0 Å². The normalized spacial score (nSPS) is 17.5. The smallest absolute Gasteiger partial charge is 0.308 e. The highest BCUT2D eigenvalue weighted by molar-refractivity contribution is 5.73. The van der Waals surface area contributed by atoms with Gasteiger partial charge in [0.05, 0.1) is 12.5 Å². The molecule has 11 heavy (non-hydrogen) atoms. The Morgan fingerprint density at radius 3 is 2.73 bits per heavy atom. The number of carbonyl (C=O) groups excluding carboxylic acids is 1. The Morgan fingerprint density at radius 2 is 2.27 bits per heavy atom. The van der Waals surface area contributed by atoms with Gasteiger partial charge >= 0.3 is 5.97 Å². The van der Waals surface area contributed by atoms with Gasteiger partial charge in [-0.05, 0) is 19.3 Å². The Kier molecular flexibility index (Phi) is 3.40. The highest BCUT2D eigenvalue weighted by Gasteiger charge is 2.26. The van der Waals surface area contributed by atoms with Crippen molar-refractivity contribution in [2.75, 3.05) is 6.61 Å². The largest absolute Gasteiger partial charge is 0.465 e. The molecule has 0 heterocycles. The molecule has 1 radical (unpaired) electrons. The number of ether oxygens (including phenoxy) is 1. The Morgan fingerprint density at radius 1 is 1.55 bits per heavy atom. The molecule has 1 rings (SSSR count). The lowest BCUT2D eigenvalue weighted by Crippen LogP contribution is -2.24. The summed E-state index contributed by atoms with van der Waals surface area (Å²) in [5.41, 5.74) is 0. The molecular weight excluding hydrogens is 140 g/mol. The van der Waals surface area contributed by atoms with Crippen LogP contribution in [0.3, 0.4) is 0 Å². The SMILES string of the molecule is [CH2]CCCOC(=O)C1CCC1. The zero-order valence-electron chi connectivity index (χ0n) is 6.84. The van der Waals surface area contributed by atoms with E-state index in [1.165, 1.54) is 6.42 Å². The molecule has 0 spiro atoms. The first kappa shape index (κ1) is 8.57. The van der Waals surface area contributed by atoms with Gasteiger partial charge in [0.15, 0.2) is 0 Å². The van der Waals surface area contributed by atoms with Crippen LogP contribution >= 0.6 is 0 Å². The van der Waals surface area contributed by atoms with Crippen LogP contribution in [-0.4, -0.2) is 12.6 Å². The minimum atomic E-state index is 0.00435. The summed E-state index contributed by atoms with van der Waals surface area (Å²) in [5.74, 6) is 0.226. The zero-order valence-corrected chi connectivity index (χ0v) is 6.84. The van der Waals surface area contributed by atoms with Gasteiger partial charge in [-0.15, -0.1) is 0 Å². The van der Waals surface area contributed by atoms with E-state index in [0.717, 1.165) is 25.7 Å². The number of unbranched alkanes of at least 4 members (excludes halogenated alkanes) is 1. The molecule has 0 aliphatic heterocycles. The van der Waals surface area contributed by atoms with Crippen molar-refractivity contribution in [2.45, 2.75) is 32.1 Å². The fraction of sp³-hybridized carbons (Fsp3) is 0.778. The topological polar surface area (TPSA) is 26.3 Å². The van der Waals surface area contributed by atoms with Crippen molar-refractivity contribution in [1.82, 2.24) is 0 Å². The highest BCUT2D eigenvalue weighted by Crippen LogP contribution is 2.27. The van der Waals surface area contributed by atoms with E-state index in [9.17, 15) is 4.79 Å². The van der Waals surface area contributed by atoms with E-state index in [1.807, 2.05) is 0 Å². The molecular formula is C9H15O2. The van der Waals surface area contributed by atoms with Crippen molar-refractivity contribution >= 4 is 5.97 Å². The third kappa shape index (κ3) is 2.52. The molecule has 1 saturated carbocycles. The summed E-state index contributed by atoms with van der Waals surface area (Å²) in [6, 6.07) is 0. The molecule has 1 aliphatic rings. The van der Waals surface area contributed by atoms with E-state index in [2.05, 4.69) is 6.92 Å². The Labute approximate surface area is 67.9 Å². The van der Waals surface area contributed by atoms with Gasteiger partial charge in [-0.1, -0.05) is 19.8 Å². The standard InChI is InChI=1S/C9H15O2/c1-2-3-7-11-9(10)8-5-4-6-8/h8H,1-7H2. The van der Waals surface area contributed by atoms with Gasteiger partial charge in [-0.25, -0.2) is 0 Å². The molecule has 0 unspecified atom stereocenters. The van der Waals surface area contributed by atoms with Crippen molar-refractivity contribution in [3.8, 4) is 0 Å². The van der Waals surface area contributed by atoms with Gasteiger partial charge < -0.3 is 4.74 Å². The molecule has 0 aromatic carbocycles. The molecule has 0 aromatic rings. The Hall–Kier alpha value is -0.530. The van der Waals surface area contributed by atoms with E-state index >= 15 is 0 Å². The molecule has 63 valence electrons. The lowest BCUT2D eigenvalue weighted by Gasteiger charge is -2.22. The minimum Gasteiger partial charge on any atom is -0.465 e. The highest BCUT2D eigenvalue weighted by atomic mass is 16.5. The fourth-order valence-electron chi connectivity index (χ4n) is 1.04. The van der Waals surface area contributed by atoms with Crippen LogP contribution in [0, 0.1) is 12.8 Å². The monoisotopic (exact) mass is 155 g/mol. The number of hydrogen-bond acceptors (Lipinski definition) is 2. The summed E-state index contributed by atoms with van der Waals surface area (Å²) in [4.78, 5) is 11.1. The number of hydrogen-bond donors (Lipinski definition) is 0. The van der Waals surface area contributed by atoms with Gasteiger partial charge in [-0.3, -0.25) is 4.79 Å². The number of rotatable bonds is 4. The first-order chi connectivity index (χ1) is 5.34. The second-order valence-electron chi connectivity index (χ2n) is 3.00. The maximum Gasteiger partial charge on any atom is 0.308 e. The van der Waals surface area contributed by atoms with Crippen LogP contribution < -0.4 is 0 Å². The van der Waals surface area contributed by atoms with Gasteiger partial charge in [0.1, 0.15) is 0 Å². The third-order valence-corrected chi connectivity index (χ3v) is 2.08. The minimum absolute atomic E-state index is 0.00435. The van der Waals surface area contributed by atoms with Crippen molar-refractivity contribution < 1.29 is 9.53 Å². The molecule has 1 fully saturated rings. The van der Waals surface area contributed by atoms with E-state index in [4.69, 9.17) is 4.74 Å². The molecule has 0 atom stereocenters. The van der Waals surface area contributed by atoms with E-state index in [0.29, 0.717) is 6.61 Å². The number of carbonyl (C=O) groups is 1. The predicted molar refractivity (Wildman–Crippen MR) is 42.9 cm³/mol. The van der Waals surface area contributed by atoms with Crippen LogP contribution in [-0.2, 0) is 9.53 Å². The van der Waals surface area contributed by atoms with Crippen molar-refractivity contribution in [2.24, 2.45) is 5.92 Å². The van der Waals surface area contributed by atoms with E-state index in [1.54, 1.807) is 0 Å². The molecule has 2 heteroatoms. The second-order valence-corrected chi connectivity index (χ2v) is 3.00. The van der Waals surface area contributed by atoms with Gasteiger partial charge in [-0.2, -0.15) is 0 Å². The summed E-state index contributed by atoms with van der Waals surface area (Å²) in [7, 11) is 0. The number of esters is 1. The molecule has 0 amide bonds. The quantitative estimate of drug-likeness (QED) is 0.458. The first-order valence-corrected chi connectivity index (χ1v) is 4.30.